The molecule has 0 saturated heterocycles. The number of para-hydroxylation sites is 1. The molecule has 23 heavy (non-hydrogen) atoms. The molecule has 1 aromatic heterocycles. The number of aromatic nitrogens is 2. The summed E-state index contributed by atoms with van der Waals surface area (Å²) in [4.78, 5) is 9.13. The van der Waals surface area contributed by atoms with Crippen LogP contribution >= 0.6 is 0 Å². The minimum Gasteiger partial charge on any atom is -0.389 e. The van der Waals surface area contributed by atoms with Gasteiger partial charge < -0.3 is 15.7 Å². The standard InChI is InChI=1S/C18H20N4O/c1-3-19-17-15-9-4-5-10-16(15)21-18(22-17)20-14-8-6-7-13(11-14)12(2)23/h4-12,23H,3H2,1-2H3,(H2,19,20,21,22). The zero-order valence-corrected chi connectivity index (χ0v) is 13.2. The normalized spacial score (nSPS) is 12.1. The van der Waals surface area contributed by atoms with Gasteiger partial charge in [0.2, 0.25) is 5.95 Å². The van der Waals surface area contributed by atoms with Crippen molar-refractivity contribution < 1.29 is 5.11 Å². The summed E-state index contributed by atoms with van der Waals surface area (Å²) in [5, 5.41) is 17.2. The Morgan fingerprint density at radius 2 is 1.91 bits per heavy atom. The number of aliphatic hydroxyl groups excluding tert-OH is 1. The van der Waals surface area contributed by atoms with Crippen molar-refractivity contribution in [3.8, 4) is 0 Å². The third kappa shape index (κ3) is 3.40. The second-order valence-electron chi connectivity index (χ2n) is 5.37. The largest absolute Gasteiger partial charge is 0.389 e. The van der Waals surface area contributed by atoms with Crippen LogP contribution in [0.5, 0.6) is 0 Å². The number of rotatable bonds is 5. The van der Waals surface area contributed by atoms with Crippen molar-refractivity contribution in [2.45, 2.75) is 20.0 Å². The lowest BCUT2D eigenvalue weighted by molar-refractivity contribution is 0.199. The smallest absolute Gasteiger partial charge is 0.229 e. The molecule has 0 spiro atoms. The fourth-order valence-corrected chi connectivity index (χ4v) is 2.44. The molecule has 0 saturated carbocycles. The summed E-state index contributed by atoms with van der Waals surface area (Å²) in [5.41, 5.74) is 2.58. The van der Waals surface area contributed by atoms with E-state index in [2.05, 4.69) is 20.6 Å². The van der Waals surface area contributed by atoms with Crippen molar-refractivity contribution in [1.29, 1.82) is 0 Å². The molecule has 2 aromatic carbocycles. The minimum atomic E-state index is -0.508. The average molecular weight is 308 g/mol. The first kappa shape index (κ1) is 15.2. The third-order valence-electron chi connectivity index (χ3n) is 3.57. The van der Waals surface area contributed by atoms with Gasteiger partial charge in [0.05, 0.1) is 11.6 Å². The van der Waals surface area contributed by atoms with E-state index in [1.165, 1.54) is 0 Å². The van der Waals surface area contributed by atoms with Crippen LogP contribution in [0.4, 0.5) is 17.5 Å². The Morgan fingerprint density at radius 1 is 1.09 bits per heavy atom. The highest BCUT2D eigenvalue weighted by Crippen LogP contribution is 2.24. The highest BCUT2D eigenvalue weighted by Gasteiger charge is 2.08. The van der Waals surface area contributed by atoms with E-state index in [1.807, 2.05) is 55.5 Å². The molecule has 0 amide bonds. The Morgan fingerprint density at radius 3 is 2.70 bits per heavy atom. The number of anilines is 3. The van der Waals surface area contributed by atoms with Crippen molar-refractivity contribution in [2.24, 2.45) is 0 Å². The molecular weight excluding hydrogens is 288 g/mol. The van der Waals surface area contributed by atoms with Gasteiger partial charge in [-0.25, -0.2) is 4.98 Å². The Hall–Kier alpha value is -2.66. The maximum Gasteiger partial charge on any atom is 0.229 e. The molecule has 3 rings (SSSR count). The number of hydrogen-bond acceptors (Lipinski definition) is 5. The van der Waals surface area contributed by atoms with Crippen molar-refractivity contribution in [3.05, 3.63) is 54.1 Å². The van der Waals surface area contributed by atoms with Gasteiger partial charge in [0.25, 0.3) is 0 Å². The quantitative estimate of drug-likeness (QED) is 0.667. The Labute approximate surface area is 135 Å². The van der Waals surface area contributed by atoms with Crippen molar-refractivity contribution >= 4 is 28.4 Å². The van der Waals surface area contributed by atoms with Gasteiger partial charge in [-0.05, 0) is 43.7 Å². The zero-order chi connectivity index (χ0) is 16.2. The number of nitrogens with one attached hydrogen (secondary N) is 2. The zero-order valence-electron chi connectivity index (χ0n) is 13.2. The molecular formula is C18H20N4O. The van der Waals surface area contributed by atoms with Crippen molar-refractivity contribution in [1.82, 2.24) is 9.97 Å². The average Bonchev–Trinajstić information content (AvgIpc) is 2.55. The van der Waals surface area contributed by atoms with E-state index in [4.69, 9.17) is 0 Å². The van der Waals surface area contributed by atoms with Crippen LogP contribution in [0.1, 0.15) is 25.5 Å². The Kier molecular flexibility index (Phi) is 4.39. The second kappa shape index (κ2) is 6.62. The summed E-state index contributed by atoms with van der Waals surface area (Å²) in [6.07, 6.45) is -0.508. The minimum absolute atomic E-state index is 0.508. The van der Waals surface area contributed by atoms with Gasteiger partial charge >= 0.3 is 0 Å². The molecule has 1 heterocycles. The maximum absolute atomic E-state index is 9.70. The van der Waals surface area contributed by atoms with Crippen LogP contribution in [0.3, 0.4) is 0 Å². The molecule has 5 nitrogen and oxygen atoms in total. The molecule has 118 valence electrons. The molecule has 0 aliphatic carbocycles. The Balaban J connectivity index is 1.98. The summed E-state index contributed by atoms with van der Waals surface area (Å²) >= 11 is 0. The molecule has 3 N–H and O–H groups in total. The lowest BCUT2D eigenvalue weighted by Gasteiger charge is -2.12. The topological polar surface area (TPSA) is 70.1 Å². The first-order valence-electron chi connectivity index (χ1n) is 7.73. The first-order valence-corrected chi connectivity index (χ1v) is 7.73. The summed E-state index contributed by atoms with van der Waals surface area (Å²) < 4.78 is 0. The highest BCUT2D eigenvalue weighted by molar-refractivity contribution is 5.90. The van der Waals surface area contributed by atoms with E-state index in [1.54, 1.807) is 6.92 Å². The molecule has 0 aliphatic rings. The third-order valence-corrected chi connectivity index (χ3v) is 3.57. The van der Waals surface area contributed by atoms with E-state index in [9.17, 15) is 5.11 Å². The molecule has 0 bridgehead atoms. The van der Waals surface area contributed by atoms with E-state index < -0.39 is 6.10 Å². The van der Waals surface area contributed by atoms with Gasteiger partial charge in [0.15, 0.2) is 0 Å². The van der Waals surface area contributed by atoms with Crippen molar-refractivity contribution in [2.75, 3.05) is 17.2 Å². The lowest BCUT2D eigenvalue weighted by atomic mass is 10.1. The predicted molar refractivity (Wildman–Crippen MR) is 94.1 cm³/mol. The molecule has 0 radical (unpaired) electrons. The van der Waals surface area contributed by atoms with Crippen LogP contribution in [0, 0.1) is 0 Å². The van der Waals surface area contributed by atoms with Gasteiger partial charge in [0, 0.05) is 17.6 Å². The van der Waals surface area contributed by atoms with E-state index in [-0.39, 0.29) is 0 Å². The van der Waals surface area contributed by atoms with Gasteiger partial charge in [-0.15, -0.1) is 0 Å². The number of hydrogen-bond donors (Lipinski definition) is 3. The highest BCUT2D eigenvalue weighted by atomic mass is 16.3. The van der Waals surface area contributed by atoms with Gasteiger partial charge in [-0.1, -0.05) is 24.3 Å². The Bertz CT molecular complexity index is 817. The van der Waals surface area contributed by atoms with E-state index in [0.717, 1.165) is 34.5 Å². The summed E-state index contributed by atoms with van der Waals surface area (Å²) in [6.45, 7) is 4.57. The van der Waals surface area contributed by atoms with Gasteiger partial charge in [-0.2, -0.15) is 4.98 Å². The van der Waals surface area contributed by atoms with Crippen LogP contribution in [-0.2, 0) is 0 Å². The number of benzene rings is 2. The number of aliphatic hydroxyl groups is 1. The molecule has 1 unspecified atom stereocenters. The lowest BCUT2D eigenvalue weighted by Crippen LogP contribution is -2.05. The van der Waals surface area contributed by atoms with Gasteiger partial charge in [0.1, 0.15) is 5.82 Å². The van der Waals surface area contributed by atoms with E-state index >= 15 is 0 Å². The monoisotopic (exact) mass is 308 g/mol. The van der Waals surface area contributed by atoms with Crippen LogP contribution in [0.25, 0.3) is 10.9 Å². The molecule has 0 fully saturated rings. The van der Waals surface area contributed by atoms with Crippen LogP contribution in [-0.4, -0.2) is 21.6 Å². The number of nitrogens with zero attached hydrogens (tertiary/aromatic N) is 2. The summed E-state index contributed by atoms with van der Waals surface area (Å²) in [7, 11) is 0. The fraction of sp³-hybridized carbons (Fsp3) is 0.222. The number of fused-ring (bicyclic) bond motifs is 1. The molecule has 1 atom stereocenters. The van der Waals surface area contributed by atoms with Crippen molar-refractivity contribution in [3.63, 3.8) is 0 Å². The molecule has 5 heteroatoms. The second-order valence-corrected chi connectivity index (χ2v) is 5.37. The van der Waals surface area contributed by atoms with E-state index in [0.29, 0.717) is 5.95 Å². The molecule has 0 aliphatic heterocycles. The van der Waals surface area contributed by atoms with Crippen LogP contribution in [0.2, 0.25) is 0 Å². The maximum atomic E-state index is 9.70. The van der Waals surface area contributed by atoms with Crippen LogP contribution < -0.4 is 10.6 Å². The van der Waals surface area contributed by atoms with Gasteiger partial charge in [-0.3, -0.25) is 0 Å². The predicted octanol–water partition coefficient (Wildman–Crippen LogP) is 3.86. The summed E-state index contributed by atoms with van der Waals surface area (Å²) in [5.74, 6) is 1.34. The van der Waals surface area contributed by atoms with Crippen LogP contribution in [0.15, 0.2) is 48.5 Å². The SMILES string of the molecule is CCNc1nc(Nc2cccc(C(C)O)c2)nc2ccccc12. The fourth-order valence-electron chi connectivity index (χ4n) is 2.44. The summed E-state index contributed by atoms with van der Waals surface area (Å²) in [6, 6.07) is 15.5. The first-order chi connectivity index (χ1) is 11.2. The molecule has 3 aromatic rings.